The monoisotopic (exact) mass is 328 g/mol. The summed E-state index contributed by atoms with van der Waals surface area (Å²) in [6.07, 6.45) is 2.55. The second kappa shape index (κ2) is 6.75. The SMILES string of the molecule is CN(Cc1ccc(F)cc1)C(=O)C1CCCN(S(C)(=O)=O)C1. The molecule has 1 amide bonds. The lowest BCUT2D eigenvalue weighted by atomic mass is 9.98. The predicted octanol–water partition coefficient (Wildman–Crippen LogP) is 1.46. The van der Waals surface area contributed by atoms with Crippen LogP contribution >= 0.6 is 0 Å². The van der Waals surface area contributed by atoms with E-state index in [0.29, 0.717) is 25.9 Å². The van der Waals surface area contributed by atoms with Crippen molar-refractivity contribution in [2.24, 2.45) is 5.92 Å². The van der Waals surface area contributed by atoms with Crippen LogP contribution < -0.4 is 0 Å². The molecule has 1 aliphatic rings. The minimum atomic E-state index is -3.26. The van der Waals surface area contributed by atoms with Crippen LogP contribution in [0.3, 0.4) is 0 Å². The van der Waals surface area contributed by atoms with Crippen molar-refractivity contribution >= 4 is 15.9 Å². The molecule has 7 heteroatoms. The average Bonchev–Trinajstić information content (AvgIpc) is 2.48. The minimum Gasteiger partial charge on any atom is -0.341 e. The molecule has 0 radical (unpaired) electrons. The molecule has 0 aromatic heterocycles. The average molecular weight is 328 g/mol. The van der Waals surface area contributed by atoms with E-state index < -0.39 is 10.0 Å². The van der Waals surface area contributed by atoms with Crippen molar-refractivity contribution in [3.63, 3.8) is 0 Å². The normalized spacial score (nSPS) is 19.9. The molecule has 5 nitrogen and oxygen atoms in total. The van der Waals surface area contributed by atoms with Crippen LogP contribution in [0.1, 0.15) is 18.4 Å². The maximum absolute atomic E-state index is 12.9. The Balaban J connectivity index is 1.99. The van der Waals surface area contributed by atoms with Crippen molar-refractivity contribution in [2.75, 3.05) is 26.4 Å². The van der Waals surface area contributed by atoms with E-state index in [-0.39, 0.29) is 24.2 Å². The molecule has 1 heterocycles. The largest absolute Gasteiger partial charge is 0.341 e. The van der Waals surface area contributed by atoms with Crippen molar-refractivity contribution in [1.82, 2.24) is 9.21 Å². The molecule has 1 saturated heterocycles. The molecule has 1 aliphatic heterocycles. The summed E-state index contributed by atoms with van der Waals surface area (Å²) in [7, 11) is -1.58. The third-order valence-electron chi connectivity index (χ3n) is 3.91. The molecule has 0 saturated carbocycles. The maximum atomic E-state index is 12.9. The zero-order valence-corrected chi connectivity index (χ0v) is 13.6. The lowest BCUT2D eigenvalue weighted by Crippen LogP contribution is -2.45. The fourth-order valence-electron chi connectivity index (χ4n) is 2.70. The van der Waals surface area contributed by atoms with E-state index >= 15 is 0 Å². The first-order valence-corrected chi connectivity index (χ1v) is 9.07. The van der Waals surface area contributed by atoms with Gasteiger partial charge in [0.05, 0.1) is 12.2 Å². The standard InChI is InChI=1S/C15H21FN2O3S/c1-17(10-12-5-7-14(16)8-6-12)15(19)13-4-3-9-18(11-13)22(2,20)21/h5-8,13H,3-4,9-11H2,1-2H3. The maximum Gasteiger partial charge on any atom is 0.227 e. The van der Waals surface area contributed by atoms with E-state index in [2.05, 4.69) is 0 Å². The third kappa shape index (κ3) is 4.27. The highest BCUT2D eigenvalue weighted by Gasteiger charge is 2.31. The summed E-state index contributed by atoms with van der Waals surface area (Å²) < 4.78 is 37.5. The highest BCUT2D eigenvalue weighted by Crippen LogP contribution is 2.21. The first-order valence-electron chi connectivity index (χ1n) is 7.22. The van der Waals surface area contributed by atoms with E-state index in [0.717, 1.165) is 5.56 Å². The molecule has 0 spiro atoms. The molecule has 0 bridgehead atoms. The van der Waals surface area contributed by atoms with Gasteiger partial charge >= 0.3 is 0 Å². The van der Waals surface area contributed by atoms with Crippen molar-refractivity contribution in [1.29, 1.82) is 0 Å². The van der Waals surface area contributed by atoms with Crippen molar-refractivity contribution in [3.05, 3.63) is 35.6 Å². The van der Waals surface area contributed by atoms with Gasteiger partial charge < -0.3 is 4.90 Å². The smallest absolute Gasteiger partial charge is 0.227 e. The summed E-state index contributed by atoms with van der Waals surface area (Å²) in [5.74, 6) is -0.694. The number of nitrogens with zero attached hydrogens (tertiary/aromatic N) is 2. The topological polar surface area (TPSA) is 57.7 Å². The number of halogens is 1. The zero-order chi connectivity index (χ0) is 16.3. The first kappa shape index (κ1) is 16.9. The number of carbonyl (C=O) groups is 1. The van der Waals surface area contributed by atoms with Crippen LogP contribution in [0.5, 0.6) is 0 Å². The fraction of sp³-hybridized carbons (Fsp3) is 0.533. The summed E-state index contributed by atoms with van der Waals surface area (Å²) in [4.78, 5) is 14.0. The molecule has 1 aromatic carbocycles. The van der Waals surface area contributed by atoms with E-state index in [9.17, 15) is 17.6 Å². The minimum absolute atomic E-state index is 0.0716. The molecule has 0 N–H and O–H groups in total. The van der Waals surface area contributed by atoms with Gasteiger partial charge in [-0.1, -0.05) is 12.1 Å². The second-order valence-electron chi connectivity index (χ2n) is 5.78. The Hall–Kier alpha value is -1.47. The van der Waals surface area contributed by atoms with Gasteiger partial charge in [0.25, 0.3) is 0 Å². The molecule has 0 aliphatic carbocycles. The molecular formula is C15H21FN2O3S. The van der Waals surface area contributed by atoms with Gasteiger partial charge in [0.15, 0.2) is 0 Å². The van der Waals surface area contributed by atoms with E-state index in [1.165, 1.54) is 22.7 Å². The summed E-state index contributed by atoms with van der Waals surface area (Å²) in [6.45, 7) is 1.10. The van der Waals surface area contributed by atoms with Gasteiger partial charge in [-0.2, -0.15) is 0 Å². The van der Waals surface area contributed by atoms with Gasteiger partial charge in [-0.3, -0.25) is 4.79 Å². The molecule has 1 unspecified atom stereocenters. The number of carbonyl (C=O) groups excluding carboxylic acids is 1. The first-order chi connectivity index (χ1) is 10.3. The van der Waals surface area contributed by atoms with Gasteiger partial charge in [-0.25, -0.2) is 17.1 Å². The van der Waals surface area contributed by atoms with Gasteiger partial charge in [-0.05, 0) is 30.5 Å². The number of hydrogen-bond acceptors (Lipinski definition) is 3. The Kier molecular flexibility index (Phi) is 5.18. The predicted molar refractivity (Wildman–Crippen MR) is 82.0 cm³/mol. The van der Waals surface area contributed by atoms with Crippen LogP contribution in [-0.4, -0.2) is 49.9 Å². The fourth-order valence-corrected chi connectivity index (χ4v) is 3.61. The molecule has 22 heavy (non-hydrogen) atoms. The third-order valence-corrected chi connectivity index (χ3v) is 5.18. The number of sulfonamides is 1. The summed E-state index contributed by atoms with van der Waals surface area (Å²) in [5, 5.41) is 0. The molecule has 122 valence electrons. The quantitative estimate of drug-likeness (QED) is 0.841. The molecular weight excluding hydrogens is 307 g/mol. The van der Waals surface area contributed by atoms with Crippen molar-refractivity contribution < 1.29 is 17.6 Å². The Morgan fingerprint density at radius 2 is 2.00 bits per heavy atom. The van der Waals surface area contributed by atoms with Crippen LogP contribution in [-0.2, 0) is 21.4 Å². The molecule has 2 rings (SSSR count). The number of hydrogen-bond donors (Lipinski definition) is 0. The van der Waals surface area contributed by atoms with Crippen molar-refractivity contribution in [3.8, 4) is 0 Å². The highest BCUT2D eigenvalue weighted by molar-refractivity contribution is 7.88. The van der Waals surface area contributed by atoms with E-state index in [1.807, 2.05) is 0 Å². The van der Waals surface area contributed by atoms with Gasteiger partial charge in [0, 0.05) is 26.7 Å². The van der Waals surface area contributed by atoms with E-state index in [4.69, 9.17) is 0 Å². The lowest BCUT2D eigenvalue weighted by Gasteiger charge is -2.32. The number of rotatable bonds is 4. The van der Waals surface area contributed by atoms with Crippen LogP contribution in [0, 0.1) is 11.7 Å². The number of benzene rings is 1. The summed E-state index contributed by atoms with van der Waals surface area (Å²) in [6, 6.07) is 6.00. The summed E-state index contributed by atoms with van der Waals surface area (Å²) in [5.41, 5.74) is 0.841. The summed E-state index contributed by atoms with van der Waals surface area (Å²) >= 11 is 0. The van der Waals surface area contributed by atoms with E-state index in [1.54, 1.807) is 24.1 Å². The highest BCUT2D eigenvalue weighted by atomic mass is 32.2. The number of piperidine rings is 1. The zero-order valence-electron chi connectivity index (χ0n) is 12.8. The number of amides is 1. The molecule has 1 atom stereocenters. The van der Waals surface area contributed by atoms with Gasteiger partial charge in [-0.15, -0.1) is 0 Å². The second-order valence-corrected chi connectivity index (χ2v) is 7.76. The van der Waals surface area contributed by atoms with Gasteiger partial charge in [0.2, 0.25) is 15.9 Å². The Labute approximate surface area is 130 Å². The molecule has 1 fully saturated rings. The van der Waals surface area contributed by atoms with Crippen LogP contribution in [0.25, 0.3) is 0 Å². The Morgan fingerprint density at radius 1 is 1.36 bits per heavy atom. The van der Waals surface area contributed by atoms with Gasteiger partial charge in [0.1, 0.15) is 5.82 Å². The van der Waals surface area contributed by atoms with Crippen molar-refractivity contribution in [2.45, 2.75) is 19.4 Å². The van der Waals surface area contributed by atoms with Crippen LogP contribution in [0.15, 0.2) is 24.3 Å². The van der Waals surface area contributed by atoms with Crippen LogP contribution in [0.2, 0.25) is 0 Å². The lowest BCUT2D eigenvalue weighted by molar-refractivity contribution is -0.135. The van der Waals surface area contributed by atoms with Crippen LogP contribution in [0.4, 0.5) is 4.39 Å². The Morgan fingerprint density at radius 3 is 2.59 bits per heavy atom. The molecule has 1 aromatic rings. The Bertz CT molecular complexity index is 631.